The molecule has 1 aromatic rings. The van der Waals surface area contributed by atoms with Gasteiger partial charge in [0.1, 0.15) is 0 Å². The zero-order valence-electron chi connectivity index (χ0n) is 17.4. The molecule has 0 heterocycles. The fourth-order valence-corrected chi connectivity index (χ4v) is 5.51. The van der Waals surface area contributed by atoms with Gasteiger partial charge in [-0.1, -0.05) is 50.1 Å². The molecule has 7 nitrogen and oxygen atoms in total. The van der Waals surface area contributed by atoms with E-state index in [2.05, 4.69) is 32.8 Å². The van der Waals surface area contributed by atoms with Crippen molar-refractivity contribution in [3.8, 4) is 0 Å². The highest BCUT2D eigenvalue weighted by molar-refractivity contribution is 7.77. The molecule has 2 atom stereocenters. The van der Waals surface area contributed by atoms with Crippen LogP contribution in [-0.2, 0) is 29.2 Å². The van der Waals surface area contributed by atoms with Crippen LogP contribution in [0.15, 0.2) is 24.3 Å². The normalized spacial score (nSPS) is 17.4. The van der Waals surface area contributed by atoms with Crippen molar-refractivity contribution in [1.29, 1.82) is 0 Å². The van der Waals surface area contributed by atoms with Crippen molar-refractivity contribution in [3.05, 3.63) is 35.4 Å². The first-order valence-corrected chi connectivity index (χ1v) is 14.0. The standard InChI is InChI=1S/C20H36N4O3SSi/c1-29-20(24-28(26)27)19(25)23-15-17-10-8-16(9-11-17)14-21-12-5-13-22-18-6-3-2-4-7-18/h8-11,18,20-22,24H,2-7,12-15,29H2,1H3,(H,23,25)(H,26,27)/p-1/t20-/m0/s1. The van der Waals surface area contributed by atoms with E-state index in [1.807, 2.05) is 18.7 Å². The Morgan fingerprint density at radius 2 is 1.79 bits per heavy atom. The highest BCUT2D eigenvalue weighted by Gasteiger charge is 2.15. The topological polar surface area (TPSA) is 105 Å². The first-order valence-electron chi connectivity index (χ1n) is 10.7. The van der Waals surface area contributed by atoms with E-state index in [9.17, 15) is 13.6 Å². The van der Waals surface area contributed by atoms with Crippen LogP contribution in [0.2, 0.25) is 6.55 Å². The first-order chi connectivity index (χ1) is 14.1. The highest BCUT2D eigenvalue weighted by atomic mass is 32.2. The fourth-order valence-electron chi connectivity index (χ4n) is 3.58. The lowest BCUT2D eigenvalue weighted by Gasteiger charge is -2.22. The molecule has 0 saturated heterocycles. The molecule has 1 aliphatic rings. The van der Waals surface area contributed by atoms with E-state index < -0.39 is 26.5 Å². The Bertz CT molecular complexity index is 627. The number of rotatable bonds is 13. The lowest BCUT2D eigenvalue weighted by atomic mass is 9.95. The Kier molecular flexibility index (Phi) is 11.7. The Hall–Kier alpha value is -1.10. The molecule has 0 bridgehead atoms. The molecule has 0 aliphatic heterocycles. The molecule has 1 aromatic carbocycles. The van der Waals surface area contributed by atoms with Crippen molar-refractivity contribution in [2.45, 2.75) is 69.9 Å². The molecule has 1 unspecified atom stereocenters. The van der Waals surface area contributed by atoms with Crippen LogP contribution in [0.25, 0.3) is 0 Å². The summed E-state index contributed by atoms with van der Waals surface area (Å²) in [7, 11) is -0.820. The van der Waals surface area contributed by atoms with Crippen LogP contribution in [-0.4, -0.2) is 49.0 Å². The van der Waals surface area contributed by atoms with Crippen LogP contribution in [0.1, 0.15) is 49.7 Å². The average Bonchev–Trinajstić information content (AvgIpc) is 2.74. The number of carbonyl (C=O) groups is 1. The summed E-state index contributed by atoms with van der Waals surface area (Å²) in [5.41, 5.74) is 1.62. The SMILES string of the molecule is C[SiH2][C@H](NS(=O)[O-])C(=O)NCc1ccc(CNCCCNC2CCCCC2)cc1. The Morgan fingerprint density at radius 1 is 1.14 bits per heavy atom. The van der Waals surface area contributed by atoms with Crippen LogP contribution in [0.3, 0.4) is 0 Å². The van der Waals surface area contributed by atoms with E-state index in [1.54, 1.807) is 0 Å². The fraction of sp³-hybridized carbons (Fsp3) is 0.650. The summed E-state index contributed by atoms with van der Waals surface area (Å²) < 4.78 is 23.7. The van der Waals surface area contributed by atoms with Crippen molar-refractivity contribution in [2.24, 2.45) is 0 Å². The summed E-state index contributed by atoms with van der Waals surface area (Å²) in [6, 6.07) is 8.85. The molecule has 1 aliphatic carbocycles. The Morgan fingerprint density at radius 3 is 2.41 bits per heavy atom. The van der Waals surface area contributed by atoms with E-state index in [4.69, 9.17) is 0 Å². The van der Waals surface area contributed by atoms with Gasteiger partial charge in [0.05, 0.1) is 15.2 Å². The maximum atomic E-state index is 12.1. The second-order valence-corrected chi connectivity index (χ2v) is 10.0. The number of hydrogen-bond donors (Lipinski definition) is 4. The van der Waals surface area contributed by atoms with Crippen molar-refractivity contribution in [2.75, 3.05) is 13.1 Å². The zero-order chi connectivity index (χ0) is 20.9. The van der Waals surface area contributed by atoms with Crippen LogP contribution < -0.4 is 20.7 Å². The molecule has 29 heavy (non-hydrogen) atoms. The zero-order valence-corrected chi connectivity index (χ0v) is 19.6. The molecule has 1 saturated carbocycles. The molecule has 4 N–H and O–H groups in total. The minimum Gasteiger partial charge on any atom is -0.760 e. The van der Waals surface area contributed by atoms with Crippen LogP contribution in [0.5, 0.6) is 0 Å². The van der Waals surface area contributed by atoms with E-state index in [0.717, 1.165) is 37.7 Å². The van der Waals surface area contributed by atoms with Gasteiger partial charge < -0.3 is 20.5 Å². The van der Waals surface area contributed by atoms with Crippen molar-refractivity contribution < 1.29 is 13.6 Å². The van der Waals surface area contributed by atoms with Gasteiger partial charge in [-0.2, -0.15) is 0 Å². The first kappa shape index (κ1) is 24.2. The van der Waals surface area contributed by atoms with Gasteiger partial charge >= 0.3 is 0 Å². The number of carbonyl (C=O) groups excluding carboxylic acids is 1. The number of amides is 1. The van der Waals surface area contributed by atoms with E-state index >= 15 is 0 Å². The van der Waals surface area contributed by atoms with Gasteiger partial charge in [-0.25, -0.2) is 4.72 Å². The van der Waals surface area contributed by atoms with Gasteiger partial charge in [-0.3, -0.25) is 9.00 Å². The summed E-state index contributed by atoms with van der Waals surface area (Å²) in [5.74, 6) is -0.254. The lowest BCUT2D eigenvalue weighted by Crippen LogP contribution is -2.47. The third-order valence-corrected chi connectivity index (χ3v) is 7.51. The van der Waals surface area contributed by atoms with Gasteiger partial charge in [0.25, 0.3) is 0 Å². The molecular weight excluding hydrogens is 404 g/mol. The number of hydrogen-bond acceptors (Lipinski definition) is 5. The van der Waals surface area contributed by atoms with Crippen LogP contribution in [0, 0.1) is 0 Å². The minimum absolute atomic E-state index is 0.254. The van der Waals surface area contributed by atoms with Crippen molar-refractivity contribution in [1.82, 2.24) is 20.7 Å². The second-order valence-electron chi connectivity index (χ2n) is 7.67. The summed E-state index contributed by atoms with van der Waals surface area (Å²) in [4.78, 5) is 12.1. The maximum absolute atomic E-state index is 12.1. The van der Waals surface area contributed by atoms with Gasteiger partial charge in [-0.05, 0) is 43.5 Å². The van der Waals surface area contributed by atoms with E-state index in [0.29, 0.717) is 6.54 Å². The Labute approximate surface area is 179 Å². The molecule has 0 radical (unpaired) electrons. The summed E-state index contributed by atoms with van der Waals surface area (Å²) in [5, 5.41) is 9.95. The highest BCUT2D eigenvalue weighted by Crippen LogP contribution is 2.17. The molecule has 164 valence electrons. The molecule has 9 heteroatoms. The summed E-state index contributed by atoms with van der Waals surface area (Å²) in [6.07, 6.45) is 7.92. The molecule has 1 fully saturated rings. The number of nitrogens with one attached hydrogen (secondary N) is 4. The predicted octanol–water partition coefficient (Wildman–Crippen LogP) is 0.632. The lowest BCUT2D eigenvalue weighted by molar-refractivity contribution is -0.121. The third kappa shape index (κ3) is 9.97. The Balaban J connectivity index is 1.59. The van der Waals surface area contributed by atoms with Crippen LogP contribution >= 0.6 is 0 Å². The monoisotopic (exact) mass is 439 g/mol. The average molecular weight is 440 g/mol. The smallest absolute Gasteiger partial charge is 0.234 e. The quantitative estimate of drug-likeness (QED) is 0.205. The van der Waals surface area contributed by atoms with E-state index in [-0.39, 0.29) is 5.91 Å². The van der Waals surface area contributed by atoms with Crippen molar-refractivity contribution in [3.63, 3.8) is 0 Å². The van der Waals surface area contributed by atoms with Gasteiger partial charge in [0, 0.05) is 30.4 Å². The van der Waals surface area contributed by atoms with Crippen molar-refractivity contribution >= 4 is 26.7 Å². The molecule has 0 aromatic heterocycles. The molecule has 0 spiro atoms. The summed E-state index contributed by atoms with van der Waals surface area (Å²) >= 11 is -2.41. The van der Waals surface area contributed by atoms with Crippen LogP contribution in [0.4, 0.5) is 0 Å². The molecular formula is C20H35N4O3SSi-. The van der Waals surface area contributed by atoms with E-state index in [1.165, 1.54) is 37.7 Å². The summed E-state index contributed by atoms with van der Waals surface area (Å²) in [6.45, 7) is 5.20. The second kappa shape index (κ2) is 14.0. The predicted molar refractivity (Wildman–Crippen MR) is 120 cm³/mol. The third-order valence-electron chi connectivity index (χ3n) is 5.35. The largest absolute Gasteiger partial charge is 0.760 e. The van der Waals surface area contributed by atoms with Gasteiger partial charge in [-0.15, -0.1) is 0 Å². The van der Waals surface area contributed by atoms with Gasteiger partial charge in [0.15, 0.2) is 0 Å². The minimum atomic E-state index is -2.41. The van der Waals surface area contributed by atoms with Gasteiger partial charge in [0.2, 0.25) is 5.91 Å². The molecule has 2 rings (SSSR count). The number of benzene rings is 1. The maximum Gasteiger partial charge on any atom is 0.234 e. The molecule has 1 amide bonds.